The summed E-state index contributed by atoms with van der Waals surface area (Å²) in [5.41, 5.74) is 0. The second kappa shape index (κ2) is 2.40. The van der Waals surface area contributed by atoms with Crippen molar-refractivity contribution in [2.45, 2.75) is 6.55 Å². The van der Waals surface area contributed by atoms with Crippen LogP contribution < -0.4 is 0 Å². The third kappa shape index (κ3) is 4.16. The molecule has 28 valence electrons. The second-order valence-electron chi connectivity index (χ2n) is 0.710. The van der Waals surface area contributed by atoms with Crippen LogP contribution in [0.5, 0.6) is 0 Å². The van der Waals surface area contributed by atoms with Gasteiger partial charge in [-0.2, -0.15) is 0 Å². The molecule has 0 fully saturated rings. The van der Waals surface area contributed by atoms with Crippen molar-refractivity contribution in [1.29, 1.82) is 0 Å². The van der Waals surface area contributed by atoms with Gasteiger partial charge in [0.15, 0.2) is 7.72 Å². The highest BCUT2D eigenvalue weighted by Gasteiger charge is 1.66. The van der Waals surface area contributed by atoms with Crippen molar-refractivity contribution in [2.24, 2.45) is 0 Å². The van der Waals surface area contributed by atoms with Gasteiger partial charge in [-0.1, -0.05) is 6.58 Å². The van der Waals surface area contributed by atoms with Crippen LogP contribution in [-0.4, -0.2) is 13.0 Å². The lowest BCUT2D eigenvalue weighted by atomic mass is 11.3. The van der Waals surface area contributed by atoms with Gasteiger partial charge in [0.25, 0.3) is 0 Å². The van der Waals surface area contributed by atoms with Crippen molar-refractivity contribution >= 4 is 24.1 Å². The zero-order chi connectivity index (χ0) is 4.28. The summed E-state index contributed by atoms with van der Waals surface area (Å²) >= 11 is 5.39. The summed E-state index contributed by atoms with van der Waals surface area (Å²) in [6.45, 7) is 5.26. The van der Waals surface area contributed by atoms with Crippen LogP contribution in [-0.2, 0) is 0 Å². The van der Waals surface area contributed by atoms with Gasteiger partial charge in [0.2, 0.25) is 0 Å². The third-order valence-corrected chi connectivity index (χ3v) is 1.13. The van der Waals surface area contributed by atoms with Gasteiger partial charge in [-0.25, -0.2) is 0 Å². The molecule has 0 aromatic carbocycles. The van der Waals surface area contributed by atoms with E-state index in [-0.39, 0.29) is 0 Å². The summed E-state index contributed by atoms with van der Waals surface area (Å²) in [4.78, 5) is 0. The fraction of sp³-hybridized carbons (Fsp3) is 0.333. The number of hydrogen-bond donors (Lipinski definition) is 0. The summed E-state index contributed by atoms with van der Waals surface area (Å²) in [6.07, 6.45) is 0. The molecule has 0 heterocycles. The van der Waals surface area contributed by atoms with Crippen molar-refractivity contribution in [3.05, 3.63) is 6.58 Å². The molecule has 0 saturated carbocycles. The van der Waals surface area contributed by atoms with Crippen LogP contribution in [0.15, 0.2) is 6.58 Å². The van der Waals surface area contributed by atoms with Gasteiger partial charge in [0.1, 0.15) is 0 Å². The van der Waals surface area contributed by atoms with E-state index in [4.69, 9.17) is 11.1 Å². The first-order valence-electron chi connectivity index (χ1n) is 1.29. The lowest BCUT2D eigenvalue weighted by Gasteiger charge is -1.59. The molecule has 0 spiro atoms. The Morgan fingerprint density at radius 2 is 2.20 bits per heavy atom. The minimum atomic E-state index is -0.763. The summed E-state index contributed by atoms with van der Waals surface area (Å²) in [5, 5.41) is 2.65. The van der Waals surface area contributed by atoms with Crippen LogP contribution in [0.25, 0.3) is 0 Å². The molecule has 0 amide bonds. The summed E-state index contributed by atoms with van der Waals surface area (Å²) in [5.74, 6) is 0. The van der Waals surface area contributed by atoms with Crippen LogP contribution in [0.4, 0.5) is 0 Å². The van der Waals surface area contributed by atoms with Gasteiger partial charge >= 0.3 is 0 Å². The zero-order valence-electron chi connectivity index (χ0n) is 3.09. The lowest BCUT2D eigenvalue weighted by molar-refractivity contribution is 2.35. The molecule has 0 saturated heterocycles. The predicted molar refractivity (Wildman–Crippen MR) is 28.1 cm³/mol. The Balaban J connectivity index is 3.60. The summed E-state index contributed by atoms with van der Waals surface area (Å²) in [7, 11) is -0.763. The minimum Gasteiger partial charge on any atom is -0.145 e. The van der Waals surface area contributed by atoms with Crippen LogP contribution in [0.1, 0.15) is 0 Å². The fourth-order valence-corrected chi connectivity index (χ4v) is 0. The Morgan fingerprint density at radius 3 is 2.20 bits per heavy atom. The van der Waals surface area contributed by atoms with Crippen LogP contribution in [0.2, 0.25) is 6.55 Å². The second-order valence-corrected chi connectivity index (χ2v) is 3.83. The molecule has 0 aliphatic heterocycles. The molecule has 0 aliphatic carbocycles. The van der Waals surface area contributed by atoms with E-state index in [1.807, 2.05) is 6.55 Å². The van der Waals surface area contributed by atoms with E-state index < -0.39 is 7.72 Å². The first-order chi connectivity index (χ1) is 2.27. The topological polar surface area (TPSA) is 0 Å². The van der Waals surface area contributed by atoms with Gasteiger partial charge in [0.05, 0.1) is 0 Å². The molecule has 0 bridgehead atoms. The Morgan fingerprint density at radius 1 is 2.00 bits per heavy atom. The Hall–Kier alpha value is 0.157. The fourth-order valence-electron chi connectivity index (χ4n) is 0. The smallest absolute Gasteiger partial charge is 0.145 e. The molecule has 0 nitrogen and oxygen atoms in total. The molecular weight excluding hydrogens is 99.6 g/mol. The van der Waals surface area contributed by atoms with E-state index in [2.05, 4.69) is 11.9 Å². The van der Waals surface area contributed by atoms with E-state index in [0.29, 0.717) is 0 Å². The summed E-state index contributed by atoms with van der Waals surface area (Å²) in [6, 6.07) is 0. The lowest BCUT2D eigenvalue weighted by Crippen LogP contribution is -1.73. The average molecular weight is 105 g/mol. The first kappa shape index (κ1) is 5.16. The number of rotatable bonds is 0. The highest BCUT2D eigenvalue weighted by Crippen LogP contribution is 1.66. The molecular formula is C3H5ClSi. The maximum absolute atomic E-state index is 5.39. The maximum Gasteiger partial charge on any atom is 0.171 e. The standard InChI is InChI=1S/C3H5ClSi/c1-3-5(2)4/h1H2,2H3. The molecule has 0 aromatic rings. The van der Waals surface area contributed by atoms with Crippen molar-refractivity contribution in [2.75, 3.05) is 0 Å². The monoisotopic (exact) mass is 104 g/mol. The van der Waals surface area contributed by atoms with Crippen LogP contribution in [0, 0.1) is 0 Å². The van der Waals surface area contributed by atoms with E-state index in [1.165, 1.54) is 0 Å². The molecule has 0 radical (unpaired) electrons. The zero-order valence-corrected chi connectivity index (χ0v) is 4.84. The Bertz CT molecular complexity index is 67.0. The third-order valence-electron chi connectivity index (χ3n) is 0.244. The first-order valence-corrected chi connectivity index (χ1v) is 4.30. The minimum absolute atomic E-state index is 0.763. The Kier molecular flexibility index (Phi) is 2.47. The van der Waals surface area contributed by atoms with Crippen LogP contribution >= 0.6 is 11.1 Å². The van der Waals surface area contributed by atoms with Crippen molar-refractivity contribution in [3.8, 4) is 0 Å². The molecule has 0 atom stereocenters. The van der Waals surface area contributed by atoms with Gasteiger partial charge in [-0.05, 0) is 6.55 Å². The van der Waals surface area contributed by atoms with E-state index in [9.17, 15) is 0 Å². The van der Waals surface area contributed by atoms with Gasteiger partial charge in [-0.3, -0.25) is 0 Å². The SMILES string of the molecule is C=C=[Si](C)Cl. The molecule has 0 aliphatic rings. The number of halogens is 1. The highest BCUT2D eigenvalue weighted by molar-refractivity contribution is 7.07. The molecule has 0 rings (SSSR count). The van der Waals surface area contributed by atoms with Crippen molar-refractivity contribution < 1.29 is 0 Å². The molecule has 5 heavy (non-hydrogen) atoms. The highest BCUT2D eigenvalue weighted by atomic mass is 35.6. The molecule has 2 heteroatoms. The normalized spacial score (nSPS) is 6.00. The maximum atomic E-state index is 5.39. The molecule has 0 N–H and O–H groups in total. The average Bonchev–Trinajstić information content (AvgIpc) is 1.38. The molecule has 0 unspecified atom stereocenters. The Labute approximate surface area is 38.0 Å². The van der Waals surface area contributed by atoms with Gasteiger partial charge < -0.3 is 0 Å². The quantitative estimate of drug-likeness (QED) is 0.318. The van der Waals surface area contributed by atoms with E-state index in [0.717, 1.165) is 0 Å². The predicted octanol–water partition coefficient (Wildman–Crippen LogP) is 1.02. The van der Waals surface area contributed by atoms with E-state index in [1.54, 1.807) is 0 Å². The van der Waals surface area contributed by atoms with Gasteiger partial charge in [0, 0.05) is 0 Å². The number of hydrogen-bond acceptors (Lipinski definition) is 0. The van der Waals surface area contributed by atoms with Gasteiger partial charge in [-0.15, -0.1) is 16.4 Å². The van der Waals surface area contributed by atoms with Crippen LogP contribution in [0.3, 0.4) is 0 Å². The van der Waals surface area contributed by atoms with Crippen molar-refractivity contribution in [3.63, 3.8) is 0 Å². The van der Waals surface area contributed by atoms with Crippen molar-refractivity contribution in [1.82, 2.24) is 0 Å². The molecule has 0 aromatic heterocycles. The summed E-state index contributed by atoms with van der Waals surface area (Å²) < 4.78 is 0. The van der Waals surface area contributed by atoms with E-state index >= 15 is 0 Å². The largest absolute Gasteiger partial charge is 0.171 e.